The minimum atomic E-state index is -0.846. The Kier molecular flexibility index (Phi) is 12.8. The van der Waals surface area contributed by atoms with Crippen molar-refractivity contribution < 1.29 is 19.1 Å². The number of hydrogen-bond donors (Lipinski definition) is 2. The second kappa shape index (κ2) is 14.5. The van der Waals surface area contributed by atoms with Crippen LogP contribution in [0.1, 0.15) is 117 Å². The van der Waals surface area contributed by atoms with Gasteiger partial charge in [0, 0.05) is 12.1 Å². The molecule has 2 N–H and O–H groups in total. The Morgan fingerprint density at radius 1 is 1.00 bits per heavy atom. The zero-order valence-corrected chi connectivity index (χ0v) is 25.8. The minimum Gasteiger partial charge on any atom is -0.444 e. The number of hydrogen-bond acceptors (Lipinski definition) is 4. The molecule has 1 rings (SSSR count). The summed E-state index contributed by atoms with van der Waals surface area (Å²) in [7, 11) is 0. The van der Waals surface area contributed by atoms with E-state index in [9.17, 15) is 14.4 Å². The molecule has 3 atom stereocenters. The lowest BCUT2D eigenvalue weighted by Crippen LogP contribution is -2.60. The maximum Gasteiger partial charge on any atom is 0.408 e. The number of ether oxygens (including phenoxy) is 1. The molecule has 3 unspecified atom stereocenters. The summed E-state index contributed by atoms with van der Waals surface area (Å²) in [6.45, 7) is 21.9. The van der Waals surface area contributed by atoms with Crippen LogP contribution in [0.2, 0.25) is 0 Å². The van der Waals surface area contributed by atoms with E-state index in [0.717, 1.165) is 36.0 Å². The van der Waals surface area contributed by atoms with E-state index in [1.165, 1.54) is 0 Å². The largest absolute Gasteiger partial charge is 0.444 e. The Balaban J connectivity index is 3.69. The molecule has 0 bridgehead atoms. The average molecular weight is 532 g/mol. The zero-order valence-electron chi connectivity index (χ0n) is 25.8. The van der Waals surface area contributed by atoms with Crippen LogP contribution in [-0.2, 0) is 14.3 Å². The van der Waals surface area contributed by atoms with Gasteiger partial charge in [0.05, 0.1) is 0 Å². The fourth-order valence-electron chi connectivity index (χ4n) is 4.35. The summed E-state index contributed by atoms with van der Waals surface area (Å²) < 4.78 is 5.51. The summed E-state index contributed by atoms with van der Waals surface area (Å²) >= 11 is 0. The van der Waals surface area contributed by atoms with Crippen LogP contribution < -0.4 is 10.6 Å². The number of amides is 3. The maximum atomic E-state index is 14.5. The minimum absolute atomic E-state index is 0.169. The normalized spacial score (nSPS) is 14.3. The second-order valence-corrected chi connectivity index (χ2v) is 12.1. The average Bonchev–Trinajstić information content (AvgIpc) is 2.83. The van der Waals surface area contributed by atoms with Crippen molar-refractivity contribution in [2.24, 2.45) is 5.92 Å². The van der Waals surface area contributed by atoms with Gasteiger partial charge in [0.15, 0.2) is 0 Å². The molecule has 0 saturated heterocycles. The lowest BCUT2D eigenvalue weighted by atomic mass is 9.88. The fraction of sp³-hybridized carbons (Fsp3) is 0.710. The molecule has 0 aromatic heterocycles. The Labute approximate surface area is 231 Å². The molecular formula is C31H53N3O4. The third kappa shape index (κ3) is 9.63. The van der Waals surface area contributed by atoms with Crippen LogP contribution in [0.4, 0.5) is 4.79 Å². The summed E-state index contributed by atoms with van der Waals surface area (Å²) in [5.41, 5.74) is 1.39. The van der Waals surface area contributed by atoms with Crippen molar-refractivity contribution in [3.8, 4) is 0 Å². The van der Waals surface area contributed by atoms with Crippen molar-refractivity contribution in [1.29, 1.82) is 0 Å². The smallest absolute Gasteiger partial charge is 0.408 e. The molecule has 1 aromatic rings. The molecule has 0 aliphatic rings. The molecule has 0 saturated carbocycles. The number of unbranched alkanes of at least 4 members (excludes halogenated alkanes) is 2. The lowest BCUT2D eigenvalue weighted by Gasteiger charge is -2.45. The fourth-order valence-corrected chi connectivity index (χ4v) is 4.35. The van der Waals surface area contributed by atoms with Crippen molar-refractivity contribution in [1.82, 2.24) is 15.5 Å². The molecule has 3 amide bonds. The van der Waals surface area contributed by atoms with Crippen LogP contribution >= 0.6 is 0 Å². The van der Waals surface area contributed by atoms with Gasteiger partial charge in [-0.2, -0.15) is 0 Å². The van der Waals surface area contributed by atoms with Gasteiger partial charge in [0.1, 0.15) is 17.7 Å². The predicted octanol–water partition coefficient (Wildman–Crippen LogP) is 6.61. The number of alkyl carbamates (subject to hydrolysis) is 1. The SMILES string of the molecule is CCCCCNC(=O)C(c1cc(C)ccc1C)N(C(=O)C(NC(=O)OC(C)(C)C)C(C)CC)C(C)(C)CC. The molecule has 0 radical (unpaired) electrons. The van der Waals surface area contributed by atoms with Gasteiger partial charge >= 0.3 is 6.09 Å². The molecule has 38 heavy (non-hydrogen) atoms. The van der Waals surface area contributed by atoms with Crippen molar-refractivity contribution in [2.45, 2.75) is 131 Å². The van der Waals surface area contributed by atoms with Gasteiger partial charge in [-0.05, 0) is 78.4 Å². The van der Waals surface area contributed by atoms with E-state index in [1.54, 1.807) is 25.7 Å². The van der Waals surface area contributed by atoms with Crippen LogP contribution in [0.3, 0.4) is 0 Å². The van der Waals surface area contributed by atoms with Crippen LogP contribution in [0.5, 0.6) is 0 Å². The van der Waals surface area contributed by atoms with Gasteiger partial charge in [0.2, 0.25) is 11.8 Å². The van der Waals surface area contributed by atoms with E-state index in [4.69, 9.17) is 4.74 Å². The molecule has 0 spiro atoms. The molecule has 216 valence electrons. The predicted molar refractivity (Wildman–Crippen MR) is 155 cm³/mol. The van der Waals surface area contributed by atoms with E-state index in [2.05, 4.69) is 17.6 Å². The van der Waals surface area contributed by atoms with Gasteiger partial charge < -0.3 is 20.3 Å². The molecule has 0 aliphatic carbocycles. The summed E-state index contributed by atoms with van der Waals surface area (Å²) in [4.78, 5) is 43.0. The van der Waals surface area contributed by atoms with Crippen molar-refractivity contribution in [3.63, 3.8) is 0 Å². The third-order valence-corrected chi connectivity index (χ3v) is 7.22. The van der Waals surface area contributed by atoms with E-state index in [-0.39, 0.29) is 17.7 Å². The van der Waals surface area contributed by atoms with E-state index < -0.39 is 29.3 Å². The molecular weight excluding hydrogens is 478 g/mol. The number of carbonyl (C=O) groups excluding carboxylic acids is 3. The quantitative estimate of drug-likeness (QED) is 0.280. The van der Waals surface area contributed by atoms with Gasteiger partial charge in [-0.25, -0.2) is 4.79 Å². The van der Waals surface area contributed by atoms with Crippen LogP contribution in [0, 0.1) is 19.8 Å². The topological polar surface area (TPSA) is 87.7 Å². The molecule has 7 heteroatoms. The number of carbonyl (C=O) groups is 3. The van der Waals surface area contributed by atoms with Crippen molar-refractivity contribution in [2.75, 3.05) is 6.54 Å². The molecule has 1 aromatic carbocycles. The molecule has 0 aliphatic heterocycles. The lowest BCUT2D eigenvalue weighted by molar-refractivity contribution is -0.150. The number of nitrogens with one attached hydrogen (secondary N) is 2. The first-order valence-corrected chi connectivity index (χ1v) is 14.3. The zero-order chi connectivity index (χ0) is 29.3. The van der Waals surface area contributed by atoms with Crippen LogP contribution in [0.25, 0.3) is 0 Å². The van der Waals surface area contributed by atoms with E-state index >= 15 is 0 Å². The number of rotatable bonds is 13. The summed E-state index contributed by atoms with van der Waals surface area (Å²) in [5.74, 6) is -0.659. The molecule has 0 heterocycles. The highest BCUT2D eigenvalue weighted by atomic mass is 16.6. The van der Waals surface area contributed by atoms with Crippen LogP contribution in [-0.4, -0.2) is 46.5 Å². The first-order valence-electron chi connectivity index (χ1n) is 14.3. The Hall–Kier alpha value is -2.57. The van der Waals surface area contributed by atoms with Gasteiger partial charge in [-0.15, -0.1) is 0 Å². The number of benzene rings is 1. The summed E-state index contributed by atoms with van der Waals surface area (Å²) in [6, 6.07) is 4.32. The number of nitrogens with zero attached hydrogens (tertiary/aromatic N) is 1. The Morgan fingerprint density at radius 2 is 1.63 bits per heavy atom. The van der Waals surface area contributed by atoms with Crippen molar-refractivity contribution >= 4 is 17.9 Å². The monoisotopic (exact) mass is 531 g/mol. The number of aryl methyl sites for hydroxylation is 2. The van der Waals surface area contributed by atoms with Gasteiger partial charge in [-0.1, -0.05) is 70.7 Å². The molecule has 7 nitrogen and oxygen atoms in total. The maximum absolute atomic E-state index is 14.5. The van der Waals surface area contributed by atoms with Gasteiger partial charge in [0.25, 0.3) is 0 Å². The van der Waals surface area contributed by atoms with Crippen molar-refractivity contribution in [3.05, 3.63) is 34.9 Å². The first-order chi connectivity index (χ1) is 17.6. The van der Waals surface area contributed by atoms with E-state index in [0.29, 0.717) is 19.4 Å². The third-order valence-electron chi connectivity index (χ3n) is 7.22. The van der Waals surface area contributed by atoms with E-state index in [1.807, 2.05) is 66.7 Å². The first kappa shape index (κ1) is 33.5. The van der Waals surface area contributed by atoms with Crippen LogP contribution in [0.15, 0.2) is 18.2 Å². The standard InChI is InChI=1S/C31H53N3O4/c1-12-15-16-19-32-27(35)26(24-20-21(4)17-18-23(24)6)34(31(10,11)14-3)28(36)25(22(5)13-2)33-29(37)38-30(7,8)9/h17-18,20,22,25-26H,12-16,19H2,1-11H3,(H,32,35)(H,33,37). The summed E-state index contributed by atoms with van der Waals surface area (Å²) in [5, 5.41) is 5.95. The molecule has 0 fully saturated rings. The summed E-state index contributed by atoms with van der Waals surface area (Å²) in [6.07, 6.45) is 3.61. The Bertz CT molecular complexity index is 936. The highest BCUT2D eigenvalue weighted by molar-refractivity contribution is 5.93. The Morgan fingerprint density at radius 3 is 2.16 bits per heavy atom. The van der Waals surface area contributed by atoms with Gasteiger partial charge in [-0.3, -0.25) is 9.59 Å². The second-order valence-electron chi connectivity index (χ2n) is 12.1. The highest BCUT2D eigenvalue weighted by Gasteiger charge is 2.44. The highest BCUT2D eigenvalue weighted by Crippen LogP contribution is 2.35.